The molecule has 344 valence electrons. The molecule has 21 heteroatoms. The van der Waals surface area contributed by atoms with Crippen molar-refractivity contribution >= 4 is 42.1 Å². The number of methoxy groups -OCH3 is 3. The summed E-state index contributed by atoms with van der Waals surface area (Å²) in [5.41, 5.74) is 6.28. The second-order valence-electron chi connectivity index (χ2n) is 15.8. The minimum Gasteiger partial charge on any atom is -0.497 e. The first-order valence-electron chi connectivity index (χ1n) is 19.9. The molecule has 4 aromatic carbocycles. The molecule has 0 aliphatic rings. The topological polar surface area (TPSA) is 240 Å². The van der Waals surface area contributed by atoms with Gasteiger partial charge >= 0.3 is 6.09 Å². The maximum atomic E-state index is 16.0. The van der Waals surface area contributed by atoms with Gasteiger partial charge in [-0.3, -0.25) is 0 Å². The lowest BCUT2D eigenvalue weighted by atomic mass is 9.85. The second-order valence-corrected chi connectivity index (χ2v) is 20.2. The largest absolute Gasteiger partial charge is 0.497 e. The van der Waals surface area contributed by atoms with Crippen LogP contribution < -0.4 is 24.7 Å². The monoisotopic (exact) mass is 992 g/mol. The predicted molar refractivity (Wildman–Crippen MR) is 244 cm³/mol. The number of aromatic nitrogens is 5. The van der Waals surface area contributed by atoms with Crippen LogP contribution in [0.1, 0.15) is 37.5 Å². The molecule has 0 saturated carbocycles. The van der Waals surface area contributed by atoms with Crippen LogP contribution >= 0.6 is 15.9 Å². The molecule has 1 amide bonds. The molecule has 6 rings (SSSR count). The fraction of sp³-hybridized carbons (Fsp3) is 0.295. The first-order valence-corrected chi connectivity index (χ1v) is 23.6. The quantitative estimate of drug-likeness (QED) is 0.0816. The summed E-state index contributed by atoms with van der Waals surface area (Å²) < 4.78 is 87.0. The molecule has 0 aliphatic heterocycles. The molecule has 6 aromatic rings. The van der Waals surface area contributed by atoms with E-state index in [1.807, 2.05) is 0 Å². The molecule has 18 nitrogen and oxygen atoms in total. The van der Waals surface area contributed by atoms with E-state index in [2.05, 4.69) is 41.0 Å². The molecule has 2 aromatic heterocycles. The van der Waals surface area contributed by atoms with Crippen LogP contribution in [0.15, 0.2) is 118 Å². The number of nitrogens with two attached hydrogens (primary N) is 1. The summed E-state index contributed by atoms with van der Waals surface area (Å²) in [6.45, 7) is 3.84. The van der Waals surface area contributed by atoms with Gasteiger partial charge in [-0.1, -0.05) is 69.3 Å². The van der Waals surface area contributed by atoms with E-state index >= 15 is 16.8 Å². The first-order chi connectivity index (χ1) is 30.8. The number of sulfonamides is 2. The highest BCUT2D eigenvalue weighted by Gasteiger charge is 2.41. The maximum Gasteiger partial charge on any atom is 0.404 e. The van der Waals surface area contributed by atoms with Crippen molar-refractivity contribution in [2.45, 2.75) is 62.3 Å². The number of carbonyl (C=O) groups excluding carboxylic acids is 1. The zero-order valence-corrected chi connectivity index (χ0v) is 39.6. The van der Waals surface area contributed by atoms with Crippen LogP contribution in [-0.4, -0.2) is 97.6 Å². The van der Waals surface area contributed by atoms with Gasteiger partial charge in [0.1, 0.15) is 38.2 Å². The standard InChI is InChI=1S/C44H49BrN8O10S2/c1-44(2,3)41(54)36(27-63-43(46)55)50-64(56,57)37-23-22-34(35-8-7-9-38(45)47-35)39(42-48-51-53(49-42)26-30-14-20-33(62-6)21-15-30)40(37)65(58,59)52(24-28-10-16-31(60-4)17-11-28)25-29-12-18-32(61-5)19-13-29/h7-23,36,41,50,54H,24-27H2,1-6H3,(H2,46,55)/t36-,41?/m1/s1. The Kier molecular flexibility index (Phi) is 15.3. The van der Waals surface area contributed by atoms with Crippen LogP contribution in [0.2, 0.25) is 0 Å². The van der Waals surface area contributed by atoms with Crippen LogP contribution in [0.25, 0.3) is 22.6 Å². The number of hydrogen-bond acceptors (Lipinski definition) is 14. The Morgan fingerprint density at radius 1 is 0.815 bits per heavy atom. The van der Waals surface area contributed by atoms with Crippen LogP contribution in [0, 0.1) is 5.41 Å². The molecule has 65 heavy (non-hydrogen) atoms. The number of aliphatic hydroxyl groups is 1. The number of pyridine rings is 1. The number of nitrogens with one attached hydrogen (secondary N) is 1. The number of amides is 1. The third-order valence-electron chi connectivity index (χ3n) is 10.2. The van der Waals surface area contributed by atoms with Gasteiger partial charge in [-0.25, -0.2) is 31.3 Å². The summed E-state index contributed by atoms with van der Waals surface area (Å²) in [6.07, 6.45) is -2.69. The SMILES string of the molecule is COc1ccc(CN(Cc2ccc(OC)cc2)S(=O)(=O)c2c(S(=O)(=O)N[C@H](COC(N)=O)C(O)C(C)(C)C)ccc(-c3cccc(Br)n3)c2-c2nnn(Cc3ccc(OC)cc3)n2)cc1. The highest BCUT2D eigenvalue weighted by Crippen LogP contribution is 2.41. The van der Waals surface area contributed by atoms with E-state index in [4.69, 9.17) is 24.7 Å². The van der Waals surface area contributed by atoms with Crippen LogP contribution in [0.3, 0.4) is 0 Å². The number of tetrazole rings is 1. The molecule has 0 radical (unpaired) electrons. The molecule has 0 aliphatic carbocycles. The van der Waals surface area contributed by atoms with Crippen molar-refractivity contribution in [2.75, 3.05) is 27.9 Å². The Balaban J connectivity index is 1.65. The van der Waals surface area contributed by atoms with Gasteiger partial charge in [0, 0.05) is 18.7 Å². The molecule has 2 atom stereocenters. The van der Waals surface area contributed by atoms with Crippen molar-refractivity contribution in [2.24, 2.45) is 11.1 Å². The normalized spacial score (nSPS) is 13.0. The third kappa shape index (κ3) is 11.8. The van der Waals surface area contributed by atoms with Gasteiger partial charge in [0.15, 0.2) is 0 Å². The van der Waals surface area contributed by atoms with E-state index in [0.717, 1.165) is 15.9 Å². The van der Waals surface area contributed by atoms with Gasteiger partial charge in [0.25, 0.3) is 0 Å². The van der Waals surface area contributed by atoms with Crippen molar-refractivity contribution < 1.29 is 45.7 Å². The van der Waals surface area contributed by atoms with Gasteiger partial charge in [-0.2, -0.15) is 9.10 Å². The van der Waals surface area contributed by atoms with E-state index in [-0.39, 0.29) is 42.3 Å². The van der Waals surface area contributed by atoms with E-state index in [1.165, 1.54) is 25.1 Å². The van der Waals surface area contributed by atoms with Crippen molar-refractivity contribution in [3.05, 3.63) is 124 Å². The molecular formula is C44H49BrN8O10S2. The highest BCUT2D eigenvalue weighted by molar-refractivity contribution is 9.10. The second kappa shape index (κ2) is 20.5. The number of ether oxygens (including phenoxy) is 4. The summed E-state index contributed by atoms with van der Waals surface area (Å²) in [4.78, 5) is 16.2. The number of benzene rings is 4. The molecule has 1 unspecified atom stereocenters. The van der Waals surface area contributed by atoms with E-state index < -0.39 is 60.1 Å². The van der Waals surface area contributed by atoms with E-state index in [9.17, 15) is 9.90 Å². The number of hydrogen-bond donors (Lipinski definition) is 3. The van der Waals surface area contributed by atoms with Crippen molar-refractivity contribution in [3.63, 3.8) is 0 Å². The number of aliphatic hydroxyl groups excluding tert-OH is 1. The van der Waals surface area contributed by atoms with Gasteiger partial charge < -0.3 is 29.8 Å². The van der Waals surface area contributed by atoms with Gasteiger partial charge in [0.05, 0.1) is 51.3 Å². The lowest BCUT2D eigenvalue weighted by Gasteiger charge is -2.33. The molecule has 4 N–H and O–H groups in total. The van der Waals surface area contributed by atoms with Crippen LogP contribution in [0.4, 0.5) is 4.79 Å². The van der Waals surface area contributed by atoms with Crippen molar-refractivity contribution in [3.8, 4) is 39.9 Å². The highest BCUT2D eigenvalue weighted by atomic mass is 79.9. The number of carbonyl (C=O) groups is 1. The zero-order valence-electron chi connectivity index (χ0n) is 36.4. The molecule has 0 saturated heterocycles. The van der Waals surface area contributed by atoms with Gasteiger partial charge in [0.2, 0.25) is 25.9 Å². The zero-order chi connectivity index (χ0) is 47.1. The fourth-order valence-electron chi connectivity index (χ4n) is 6.78. The number of primary amides is 1. The van der Waals surface area contributed by atoms with Gasteiger partial charge in [-0.15, -0.1) is 10.2 Å². The molecule has 0 bridgehead atoms. The average Bonchev–Trinajstić information content (AvgIpc) is 3.75. The fourth-order valence-corrected chi connectivity index (χ4v) is 10.8. The Labute approximate surface area is 385 Å². The molecule has 0 spiro atoms. The van der Waals surface area contributed by atoms with Crippen LogP contribution in [0.5, 0.6) is 17.2 Å². The molecule has 0 fully saturated rings. The van der Waals surface area contributed by atoms with Gasteiger partial charge in [-0.05, 0) is 97.8 Å². The number of nitrogens with zero attached hydrogens (tertiary/aromatic N) is 6. The summed E-state index contributed by atoms with van der Waals surface area (Å²) in [5.74, 6) is 1.44. The number of halogens is 1. The Hall–Kier alpha value is -5.97. The van der Waals surface area contributed by atoms with Crippen LogP contribution in [-0.2, 0) is 44.4 Å². The van der Waals surface area contributed by atoms with Crippen molar-refractivity contribution in [1.29, 1.82) is 0 Å². The van der Waals surface area contributed by atoms with Crippen molar-refractivity contribution in [1.82, 2.24) is 34.2 Å². The summed E-state index contributed by atoms with van der Waals surface area (Å²) in [5, 5.41) is 24.7. The summed E-state index contributed by atoms with van der Waals surface area (Å²) in [6, 6.07) is 26.6. The lowest BCUT2D eigenvalue weighted by Crippen LogP contribution is -2.52. The smallest absolute Gasteiger partial charge is 0.404 e. The van der Waals surface area contributed by atoms with E-state index in [0.29, 0.717) is 33.0 Å². The Bertz CT molecular complexity index is 2770. The Morgan fingerprint density at radius 2 is 1.35 bits per heavy atom. The number of rotatable bonds is 19. The minimum atomic E-state index is -5.02. The summed E-state index contributed by atoms with van der Waals surface area (Å²) in [7, 11) is -5.47. The first kappa shape index (κ1) is 48.5. The average molecular weight is 994 g/mol. The maximum absolute atomic E-state index is 16.0. The minimum absolute atomic E-state index is 0.0936. The summed E-state index contributed by atoms with van der Waals surface area (Å²) >= 11 is 3.41. The predicted octanol–water partition coefficient (Wildman–Crippen LogP) is 5.78. The van der Waals surface area contributed by atoms with E-state index in [1.54, 1.807) is 119 Å². The Morgan fingerprint density at radius 3 is 1.85 bits per heavy atom. The third-order valence-corrected chi connectivity index (χ3v) is 14.2. The lowest BCUT2D eigenvalue weighted by molar-refractivity contribution is 0.0141. The molecular weight excluding hydrogens is 945 g/mol. The molecule has 2 heterocycles.